The van der Waals surface area contributed by atoms with Crippen molar-refractivity contribution >= 4 is 5.91 Å². The van der Waals surface area contributed by atoms with Crippen LogP contribution in [0.3, 0.4) is 0 Å². The lowest BCUT2D eigenvalue weighted by Crippen LogP contribution is -2.31. The summed E-state index contributed by atoms with van der Waals surface area (Å²) in [6.07, 6.45) is 5.86. The highest BCUT2D eigenvalue weighted by atomic mass is 16.2. The van der Waals surface area contributed by atoms with E-state index >= 15 is 0 Å². The van der Waals surface area contributed by atoms with Crippen molar-refractivity contribution in [2.24, 2.45) is 11.8 Å². The Hall–Kier alpha value is -0.530. The van der Waals surface area contributed by atoms with Crippen molar-refractivity contribution in [1.29, 1.82) is 0 Å². The zero-order valence-electron chi connectivity index (χ0n) is 7.68. The van der Waals surface area contributed by atoms with Gasteiger partial charge in [-0.2, -0.15) is 0 Å². The molecule has 2 rings (SSSR count). The predicted molar refractivity (Wildman–Crippen MR) is 47.7 cm³/mol. The van der Waals surface area contributed by atoms with E-state index in [1.165, 1.54) is 19.3 Å². The fraction of sp³-hybridized carbons (Fsp3) is 0.900. The lowest BCUT2D eigenvalue weighted by Gasteiger charge is -2.09. The van der Waals surface area contributed by atoms with Gasteiger partial charge in [-0.05, 0) is 38.0 Å². The second kappa shape index (κ2) is 3.08. The van der Waals surface area contributed by atoms with Crippen LogP contribution in [0.25, 0.3) is 0 Å². The van der Waals surface area contributed by atoms with Gasteiger partial charge in [0, 0.05) is 12.0 Å². The van der Waals surface area contributed by atoms with Gasteiger partial charge >= 0.3 is 0 Å². The molecule has 2 aliphatic carbocycles. The van der Waals surface area contributed by atoms with Crippen LogP contribution in [0.4, 0.5) is 0 Å². The van der Waals surface area contributed by atoms with Crippen molar-refractivity contribution < 1.29 is 4.79 Å². The first kappa shape index (κ1) is 8.09. The molecule has 2 saturated carbocycles. The molecule has 0 aromatic heterocycles. The molecular formula is C10H17NO. The van der Waals surface area contributed by atoms with E-state index in [-0.39, 0.29) is 0 Å². The normalized spacial score (nSPS) is 35.1. The quantitative estimate of drug-likeness (QED) is 0.666. The summed E-state index contributed by atoms with van der Waals surface area (Å²) < 4.78 is 0. The molecule has 2 heteroatoms. The third-order valence-corrected chi connectivity index (χ3v) is 2.99. The first-order valence-corrected chi connectivity index (χ1v) is 5.06. The summed E-state index contributed by atoms with van der Waals surface area (Å²) in [6, 6.07) is 0.536. The van der Waals surface area contributed by atoms with Crippen LogP contribution in [0.1, 0.15) is 39.0 Å². The molecule has 2 nitrogen and oxygen atoms in total. The number of rotatable bonds is 2. The second-order valence-corrected chi connectivity index (χ2v) is 4.40. The molecule has 2 unspecified atom stereocenters. The molecule has 2 atom stereocenters. The lowest BCUT2D eigenvalue weighted by atomic mass is 10.1. The van der Waals surface area contributed by atoms with Crippen molar-refractivity contribution in [3.05, 3.63) is 0 Å². The zero-order chi connectivity index (χ0) is 8.55. The Bertz CT molecular complexity index is 186. The first-order valence-electron chi connectivity index (χ1n) is 5.06. The average Bonchev–Trinajstić information content (AvgIpc) is 2.72. The molecule has 68 valence electrons. The molecule has 0 aromatic rings. The lowest BCUT2D eigenvalue weighted by molar-refractivity contribution is -0.125. The van der Waals surface area contributed by atoms with Gasteiger partial charge in [0.25, 0.3) is 0 Å². The van der Waals surface area contributed by atoms with Crippen molar-refractivity contribution in [3.8, 4) is 0 Å². The largest absolute Gasteiger partial charge is 0.353 e. The van der Waals surface area contributed by atoms with Crippen molar-refractivity contribution in [1.82, 2.24) is 5.32 Å². The van der Waals surface area contributed by atoms with E-state index in [2.05, 4.69) is 12.2 Å². The van der Waals surface area contributed by atoms with Crippen molar-refractivity contribution in [3.63, 3.8) is 0 Å². The van der Waals surface area contributed by atoms with Gasteiger partial charge in [-0.3, -0.25) is 4.79 Å². The van der Waals surface area contributed by atoms with Gasteiger partial charge in [-0.1, -0.05) is 6.92 Å². The maximum Gasteiger partial charge on any atom is 0.223 e. The van der Waals surface area contributed by atoms with Gasteiger partial charge in [0.1, 0.15) is 0 Å². The van der Waals surface area contributed by atoms with Crippen molar-refractivity contribution in [2.45, 2.75) is 45.1 Å². The van der Waals surface area contributed by atoms with Crippen LogP contribution >= 0.6 is 0 Å². The van der Waals surface area contributed by atoms with Crippen LogP contribution < -0.4 is 5.32 Å². The molecule has 12 heavy (non-hydrogen) atoms. The van der Waals surface area contributed by atoms with Gasteiger partial charge in [0.05, 0.1) is 0 Å². The molecule has 0 heterocycles. The van der Waals surface area contributed by atoms with E-state index in [0.717, 1.165) is 18.8 Å². The van der Waals surface area contributed by atoms with E-state index in [0.29, 0.717) is 17.9 Å². The van der Waals surface area contributed by atoms with Crippen LogP contribution in [0.5, 0.6) is 0 Å². The first-order chi connectivity index (χ1) is 5.75. The molecule has 2 fully saturated rings. The van der Waals surface area contributed by atoms with Crippen LogP contribution in [0, 0.1) is 11.8 Å². The fourth-order valence-corrected chi connectivity index (χ4v) is 1.99. The molecule has 2 aliphatic rings. The van der Waals surface area contributed by atoms with E-state index < -0.39 is 0 Å². The highest BCUT2D eigenvalue weighted by molar-refractivity contribution is 5.79. The topological polar surface area (TPSA) is 29.1 Å². The molecule has 0 aromatic carbocycles. The van der Waals surface area contributed by atoms with Crippen LogP contribution in [-0.4, -0.2) is 11.9 Å². The number of hydrogen-bond donors (Lipinski definition) is 1. The third-order valence-electron chi connectivity index (χ3n) is 2.99. The zero-order valence-corrected chi connectivity index (χ0v) is 7.68. The van der Waals surface area contributed by atoms with Gasteiger partial charge in [0.2, 0.25) is 5.91 Å². The summed E-state index contributed by atoms with van der Waals surface area (Å²) in [5.41, 5.74) is 0. The molecule has 0 radical (unpaired) electrons. The summed E-state index contributed by atoms with van der Waals surface area (Å²) in [5, 5.41) is 3.08. The SMILES string of the molecule is CC1CCC(C(=O)NC2CC2)C1. The van der Waals surface area contributed by atoms with Gasteiger partial charge in [0.15, 0.2) is 0 Å². The molecule has 0 saturated heterocycles. The minimum Gasteiger partial charge on any atom is -0.353 e. The monoisotopic (exact) mass is 167 g/mol. The number of carbonyl (C=O) groups is 1. The van der Waals surface area contributed by atoms with Gasteiger partial charge < -0.3 is 5.32 Å². The van der Waals surface area contributed by atoms with Gasteiger partial charge in [-0.25, -0.2) is 0 Å². The molecule has 0 bridgehead atoms. The molecule has 1 amide bonds. The molecule has 0 aliphatic heterocycles. The highest BCUT2D eigenvalue weighted by Crippen LogP contribution is 2.31. The van der Waals surface area contributed by atoms with E-state index in [1.807, 2.05) is 0 Å². The summed E-state index contributed by atoms with van der Waals surface area (Å²) in [6.45, 7) is 2.24. The van der Waals surface area contributed by atoms with E-state index in [1.54, 1.807) is 0 Å². The number of amides is 1. The maximum absolute atomic E-state index is 11.5. The summed E-state index contributed by atoms with van der Waals surface area (Å²) in [7, 11) is 0. The van der Waals surface area contributed by atoms with Crippen LogP contribution in [0.15, 0.2) is 0 Å². The van der Waals surface area contributed by atoms with Crippen molar-refractivity contribution in [2.75, 3.05) is 0 Å². The average molecular weight is 167 g/mol. The van der Waals surface area contributed by atoms with Crippen LogP contribution in [-0.2, 0) is 4.79 Å². The minimum absolute atomic E-state index is 0.321. The smallest absolute Gasteiger partial charge is 0.223 e. The third kappa shape index (κ3) is 1.79. The predicted octanol–water partition coefficient (Wildman–Crippen LogP) is 1.70. The Morgan fingerprint density at radius 3 is 2.50 bits per heavy atom. The minimum atomic E-state index is 0.321. The fourth-order valence-electron chi connectivity index (χ4n) is 1.99. The molecule has 1 N–H and O–H groups in total. The Labute approximate surface area is 73.7 Å². The van der Waals surface area contributed by atoms with Gasteiger partial charge in [-0.15, -0.1) is 0 Å². The van der Waals surface area contributed by atoms with E-state index in [9.17, 15) is 4.79 Å². The summed E-state index contributed by atoms with van der Waals surface area (Å²) >= 11 is 0. The Balaban J connectivity index is 1.79. The number of nitrogens with one attached hydrogen (secondary N) is 1. The number of carbonyl (C=O) groups excluding carboxylic acids is 1. The molecular weight excluding hydrogens is 150 g/mol. The number of hydrogen-bond acceptors (Lipinski definition) is 1. The Morgan fingerprint density at radius 2 is 2.00 bits per heavy atom. The highest BCUT2D eigenvalue weighted by Gasteiger charge is 2.31. The molecule has 0 spiro atoms. The maximum atomic E-state index is 11.5. The second-order valence-electron chi connectivity index (χ2n) is 4.40. The Kier molecular flexibility index (Phi) is 2.07. The van der Waals surface area contributed by atoms with E-state index in [4.69, 9.17) is 0 Å². The standard InChI is InChI=1S/C10H17NO/c1-7-2-3-8(6-7)10(12)11-9-4-5-9/h7-9H,2-6H2,1H3,(H,11,12). The Morgan fingerprint density at radius 1 is 1.25 bits per heavy atom. The summed E-state index contributed by atoms with van der Waals surface area (Å²) in [4.78, 5) is 11.5. The van der Waals surface area contributed by atoms with Crippen LogP contribution in [0.2, 0.25) is 0 Å². The summed E-state index contributed by atoms with van der Waals surface area (Å²) in [5.74, 6) is 1.42.